The zero-order valence-corrected chi connectivity index (χ0v) is 15.4. The summed E-state index contributed by atoms with van der Waals surface area (Å²) in [5.41, 5.74) is 16.3. The Kier molecular flexibility index (Phi) is 15.3. The molecule has 23 heavy (non-hydrogen) atoms. The summed E-state index contributed by atoms with van der Waals surface area (Å²) >= 11 is 0. The first-order valence-electron chi connectivity index (χ1n) is 7.06. The van der Waals surface area contributed by atoms with Gasteiger partial charge in [0.2, 0.25) is 5.91 Å². The lowest BCUT2D eigenvalue weighted by Crippen LogP contribution is -2.53. The number of carboxylic acid groups (broad SMARTS) is 1. The lowest BCUT2D eigenvalue weighted by molar-refractivity contribution is -0.152. The van der Waals surface area contributed by atoms with E-state index in [2.05, 4.69) is 4.99 Å². The number of carbonyl (C=O) groups is 2. The highest BCUT2D eigenvalue weighted by Crippen LogP contribution is 2.13. The number of aliphatic imine (C=N–C) groups is 1. The minimum absolute atomic E-state index is 0. The molecule has 10 heteroatoms. The Hall–Kier alpha value is -1.25. The highest BCUT2D eigenvalue weighted by Gasteiger charge is 2.33. The van der Waals surface area contributed by atoms with E-state index in [1.807, 2.05) is 0 Å². The Bertz CT molecular complexity index is 390. The van der Waals surface area contributed by atoms with Crippen molar-refractivity contribution in [1.82, 2.24) is 4.90 Å². The van der Waals surface area contributed by atoms with Crippen molar-refractivity contribution in [2.75, 3.05) is 13.1 Å². The summed E-state index contributed by atoms with van der Waals surface area (Å²) in [6, 6.07) is -1.62. The van der Waals surface area contributed by atoms with Crippen LogP contribution in [0.15, 0.2) is 4.99 Å². The van der Waals surface area contributed by atoms with Crippen molar-refractivity contribution in [3.05, 3.63) is 0 Å². The molecule has 1 amide bonds. The first-order valence-corrected chi connectivity index (χ1v) is 7.06. The number of carboxylic acids is 1. The molecule has 0 rings (SSSR count). The summed E-state index contributed by atoms with van der Waals surface area (Å²) in [5.74, 6) is -1.58. The van der Waals surface area contributed by atoms with Crippen molar-refractivity contribution < 1.29 is 14.7 Å². The Balaban J connectivity index is -0.00000200. The minimum atomic E-state index is -1.02. The molecule has 0 bridgehead atoms. The van der Waals surface area contributed by atoms with Crippen molar-refractivity contribution in [3.63, 3.8) is 0 Å². The van der Waals surface area contributed by atoms with E-state index in [1.54, 1.807) is 20.8 Å². The number of rotatable bonds is 9. The lowest BCUT2D eigenvalue weighted by Gasteiger charge is -2.32. The van der Waals surface area contributed by atoms with E-state index in [-0.39, 0.29) is 42.6 Å². The maximum absolute atomic E-state index is 12.3. The summed E-state index contributed by atoms with van der Waals surface area (Å²) in [4.78, 5) is 28.8. The molecule has 7 N–H and O–H groups in total. The second-order valence-corrected chi connectivity index (χ2v) is 5.21. The van der Waals surface area contributed by atoms with Crippen LogP contribution in [0.25, 0.3) is 0 Å². The maximum atomic E-state index is 12.3. The normalized spacial score (nSPS) is 12.4. The number of nitrogens with two attached hydrogens (primary N) is 3. The molecule has 0 aliphatic heterocycles. The average Bonchev–Trinajstić information content (AvgIpc) is 2.38. The van der Waals surface area contributed by atoms with Crippen LogP contribution in [0, 0.1) is 5.92 Å². The molecule has 0 spiro atoms. The van der Waals surface area contributed by atoms with E-state index >= 15 is 0 Å². The number of guanidine groups is 1. The minimum Gasteiger partial charge on any atom is -0.480 e. The summed E-state index contributed by atoms with van der Waals surface area (Å²) in [6.07, 6.45) is 0.957. The first-order chi connectivity index (χ1) is 9.72. The van der Waals surface area contributed by atoms with Crippen molar-refractivity contribution in [1.29, 1.82) is 0 Å². The molecule has 0 radical (unpaired) electrons. The highest BCUT2D eigenvalue weighted by atomic mass is 35.5. The Morgan fingerprint density at radius 2 is 1.74 bits per heavy atom. The van der Waals surface area contributed by atoms with E-state index in [0.717, 1.165) is 0 Å². The number of amides is 1. The molecule has 0 aliphatic carbocycles. The number of likely N-dealkylation sites (N-methyl/N-ethyl adjacent to an activating group) is 1. The van der Waals surface area contributed by atoms with E-state index < -0.39 is 18.1 Å². The number of halogens is 2. The van der Waals surface area contributed by atoms with E-state index in [0.29, 0.717) is 25.9 Å². The van der Waals surface area contributed by atoms with Crippen molar-refractivity contribution >= 4 is 42.7 Å². The number of hydrogen-bond donors (Lipinski definition) is 4. The Morgan fingerprint density at radius 1 is 1.22 bits per heavy atom. The van der Waals surface area contributed by atoms with Crippen molar-refractivity contribution in [3.8, 4) is 0 Å². The summed E-state index contributed by atoms with van der Waals surface area (Å²) in [6.45, 7) is 5.96. The van der Waals surface area contributed by atoms with Crippen LogP contribution in [0.1, 0.15) is 33.6 Å². The van der Waals surface area contributed by atoms with E-state index in [4.69, 9.17) is 17.2 Å². The molecule has 0 unspecified atom stereocenters. The van der Waals surface area contributed by atoms with Crippen LogP contribution in [0.3, 0.4) is 0 Å². The zero-order chi connectivity index (χ0) is 16.6. The molecule has 0 fully saturated rings. The maximum Gasteiger partial charge on any atom is 0.326 e. The second-order valence-electron chi connectivity index (χ2n) is 5.21. The molecule has 0 heterocycles. The van der Waals surface area contributed by atoms with Gasteiger partial charge in [-0.3, -0.25) is 9.79 Å². The standard InChI is InChI=1S/C13H27N5O3.2ClH/c1-4-18(10(8(2)3)12(20)21)11(19)9(14)6-5-7-17-13(15)16;;/h8-10H,4-7,14H2,1-3H3,(H,20,21)(H4,15,16,17);2*1H/t9-,10-;;/m0../s1. The largest absolute Gasteiger partial charge is 0.480 e. The van der Waals surface area contributed by atoms with Crippen LogP contribution < -0.4 is 17.2 Å². The molecular formula is C13H29Cl2N5O3. The van der Waals surface area contributed by atoms with Gasteiger partial charge in [-0.1, -0.05) is 13.8 Å². The van der Waals surface area contributed by atoms with Gasteiger partial charge in [0.25, 0.3) is 0 Å². The zero-order valence-electron chi connectivity index (χ0n) is 13.8. The smallest absolute Gasteiger partial charge is 0.326 e. The fourth-order valence-corrected chi connectivity index (χ4v) is 2.12. The Morgan fingerprint density at radius 3 is 2.09 bits per heavy atom. The molecular weight excluding hydrogens is 345 g/mol. The van der Waals surface area contributed by atoms with E-state index in [9.17, 15) is 14.7 Å². The van der Waals surface area contributed by atoms with Gasteiger partial charge in [-0.05, 0) is 25.7 Å². The Labute approximate surface area is 149 Å². The molecule has 0 aliphatic rings. The predicted molar refractivity (Wildman–Crippen MR) is 96.0 cm³/mol. The second kappa shape index (κ2) is 13.2. The van der Waals surface area contributed by atoms with Gasteiger partial charge in [-0.25, -0.2) is 4.79 Å². The van der Waals surface area contributed by atoms with Gasteiger partial charge in [-0.15, -0.1) is 24.8 Å². The van der Waals surface area contributed by atoms with Crippen LogP contribution >= 0.6 is 24.8 Å². The summed E-state index contributed by atoms with van der Waals surface area (Å²) in [7, 11) is 0. The highest BCUT2D eigenvalue weighted by molar-refractivity contribution is 5.87. The quantitative estimate of drug-likeness (QED) is 0.257. The van der Waals surface area contributed by atoms with Crippen LogP contribution in [-0.2, 0) is 9.59 Å². The summed E-state index contributed by atoms with van der Waals surface area (Å²) in [5, 5.41) is 9.27. The van der Waals surface area contributed by atoms with Crippen molar-refractivity contribution in [2.45, 2.75) is 45.7 Å². The molecule has 2 atom stereocenters. The van der Waals surface area contributed by atoms with E-state index in [1.165, 1.54) is 4.90 Å². The molecule has 0 saturated heterocycles. The van der Waals surface area contributed by atoms with Gasteiger partial charge in [0, 0.05) is 13.1 Å². The van der Waals surface area contributed by atoms with Crippen LogP contribution in [-0.4, -0.2) is 53.0 Å². The molecule has 0 saturated carbocycles. The van der Waals surface area contributed by atoms with Gasteiger partial charge in [0.1, 0.15) is 6.04 Å². The monoisotopic (exact) mass is 373 g/mol. The third-order valence-electron chi connectivity index (χ3n) is 3.13. The topological polar surface area (TPSA) is 148 Å². The summed E-state index contributed by atoms with van der Waals surface area (Å²) < 4.78 is 0. The number of hydrogen-bond acceptors (Lipinski definition) is 4. The number of carbonyl (C=O) groups excluding carboxylic acids is 1. The molecule has 0 aromatic heterocycles. The number of nitrogens with zero attached hydrogens (tertiary/aromatic N) is 2. The molecule has 138 valence electrons. The SMILES string of the molecule is CCN(C(=O)[C@@H](N)CCCN=C(N)N)[C@H](C(=O)O)C(C)C.Cl.Cl. The third kappa shape index (κ3) is 9.47. The number of aliphatic carboxylic acids is 1. The fraction of sp³-hybridized carbons (Fsp3) is 0.769. The molecule has 0 aromatic carbocycles. The lowest BCUT2D eigenvalue weighted by atomic mass is 10.0. The fourth-order valence-electron chi connectivity index (χ4n) is 2.12. The molecule has 8 nitrogen and oxygen atoms in total. The van der Waals surface area contributed by atoms with Gasteiger partial charge in [-0.2, -0.15) is 0 Å². The van der Waals surface area contributed by atoms with Crippen LogP contribution in [0.2, 0.25) is 0 Å². The molecule has 0 aromatic rings. The van der Waals surface area contributed by atoms with Crippen LogP contribution in [0.4, 0.5) is 0 Å². The first kappa shape index (κ1) is 26.6. The van der Waals surface area contributed by atoms with Crippen LogP contribution in [0.5, 0.6) is 0 Å². The van der Waals surface area contributed by atoms with Gasteiger partial charge in [0.15, 0.2) is 5.96 Å². The van der Waals surface area contributed by atoms with Crippen molar-refractivity contribution in [2.24, 2.45) is 28.1 Å². The van der Waals surface area contributed by atoms with Gasteiger partial charge in [0.05, 0.1) is 6.04 Å². The third-order valence-corrected chi connectivity index (χ3v) is 3.13. The predicted octanol–water partition coefficient (Wildman–Crippen LogP) is 0.169. The average molecular weight is 374 g/mol. The van der Waals surface area contributed by atoms with Gasteiger partial charge < -0.3 is 27.2 Å². The van der Waals surface area contributed by atoms with Gasteiger partial charge >= 0.3 is 5.97 Å².